The number of hydrogen-bond acceptors (Lipinski definition) is 3. The number of benzene rings is 3. The van der Waals surface area contributed by atoms with Crippen molar-refractivity contribution in [2.24, 2.45) is 5.73 Å². The molecule has 1 aliphatic rings. The normalized spacial score (nSPS) is 18.4. The molecule has 4 N–H and O–H groups in total. The number of hydrogen-bond donors (Lipinski definition) is 3. The lowest BCUT2D eigenvalue weighted by Crippen LogP contribution is -2.49. The van der Waals surface area contributed by atoms with Gasteiger partial charge in [0.15, 0.2) is 0 Å². The number of fused-ring (bicyclic) bond motifs is 1. The Labute approximate surface area is 151 Å². The van der Waals surface area contributed by atoms with Crippen LogP contribution in [0.25, 0.3) is 17.2 Å². The van der Waals surface area contributed by atoms with Gasteiger partial charge in [0.25, 0.3) is 0 Å². The van der Waals surface area contributed by atoms with Crippen molar-refractivity contribution in [3.05, 3.63) is 95.7 Å². The number of carboxylic acid groups (broad SMARTS) is 1. The third-order valence-electron chi connectivity index (χ3n) is 4.77. The summed E-state index contributed by atoms with van der Waals surface area (Å²) >= 11 is 0. The summed E-state index contributed by atoms with van der Waals surface area (Å²) in [4.78, 5) is 12.3. The van der Waals surface area contributed by atoms with Crippen LogP contribution < -0.4 is 11.1 Å². The van der Waals surface area contributed by atoms with Crippen LogP contribution in [0.2, 0.25) is 0 Å². The summed E-state index contributed by atoms with van der Waals surface area (Å²) in [6.07, 6.45) is 1.73. The standard InChI is InChI=1S/C22H18N2O2/c23-20-14-17-8-4-5-9-19(17)24-22(20,21(25)26)18-12-10-16(11-13-18)15-6-2-1-3-7-15/h1-14,24H,23H2,(H,25,26). The van der Waals surface area contributed by atoms with Gasteiger partial charge in [0.2, 0.25) is 5.54 Å². The number of para-hydroxylation sites is 1. The molecule has 1 heterocycles. The Hall–Kier alpha value is -3.53. The van der Waals surface area contributed by atoms with Crippen LogP contribution in [-0.2, 0) is 10.3 Å². The van der Waals surface area contributed by atoms with Crippen molar-refractivity contribution in [3.8, 4) is 11.1 Å². The first-order valence-electron chi connectivity index (χ1n) is 8.35. The summed E-state index contributed by atoms with van der Waals surface area (Å²) in [7, 11) is 0. The number of nitrogens with one attached hydrogen (secondary N) is 1. The van der Waals surface area contributed by atoms with Gasteiger partial charge in [-0.25, -0.2) is 4.79 Å². The molecule has 1 unspecified atom stereocenters. The van der Waals surface area contributed by atoms with Crippen molar-refractivity contribution in [2.75, 3.05) is 5.32 Å². The Bertz CT molecular complexity index is 994. The van der Waals surface area contributed by atoms with Crippen LogP contribution in [0.3, 0.4) is 0 Å². The molecular weight excluding hydrogens is 324 g/mol. The minimum Gasteiger partial charge on any atom is -0.479 e. The first-order chi connectivity index (χ1) is 12.6. The number of rotatable bonds is 3. The summed E-state index contributed by atoms with van der Waals surface area (Å²) in [5.74, 6) is -1.03. The highest BCUT2D eigenvalue weighted by molar-refractivity contribution is 5.94. The smallest absolute Gasteiger partial charge is 0.340 e. The first-order valence-corrected chi connectivity index (χ1v) is 8.35. The zero-order valence-electron chi connectivity index (χ0n) is 14.0. The Morgan fingerprint density at radius 2 is 1.46 bits per heavy atom. The molecule has 128 valence electrons. The molecule has 3 aromatic carbocycles. The quantitative estimate of drug-likeness (QED) is 0.671. The third-order valence-corrected chi connectivity index (χ3v) is 4.77. The molecule has 26 heavy (non-hydrogen) atoms. The number of aliphatic carboxylic acids is 1. The highest BCUT2D eigenvalue weighted by atomic mass is 16.4. The molecule has 0 aromatic heterocycles. The number of carbonyl (C=O) groups is 1. The fourth-order valence-corrected chi connectivity index (χ4v) is 3.37. The minimum absolute atomic E-state index is 0.260. The van der Waals surface area contributed by atoms with E-state index in [1.807, 2.05) is 78.9 Å². The Kier molecular flexibility index (Phi) is 3.73. The molecule has 4 rings (SSSR count). The molecule has 3 aromatic rings. The average Bonchev–Trinajstić information content (AvgIpc) is 2.68. The molecule has 4 nitrogen and oxygen atoms in total. The van der Waals surface area contributed by atoms with Crippen LogP contribution >= 0.6 is 0 Å². The zero-order valence-corrected chi connectivity index (χ0v) is 14.0. The van der Waals surface area contributed by atoms with E-state index >= 15 is 0 Å². The summed E-state index contributed by atoms with van der Waals surface area (Å²) in [5.41, 5.74) is 9.32. The van der Waals surface area contributed by atoms with Crippen LogP contribution in [0.1, 0.15) is 11.1 Å². The van der Waals surface area contributed by atoms with Gasteiger partial charge in [-0.3, -0.25) is 0 Å². The van der Waals surface area contributed by atoms with E-state index < -0.39 is 11.5 Å². The van der Waals surface area contributed by atoms with E-state index in [-0.39, 0.29) is 5.70 Å². The van der Waals surface area contributed by atoms with Crippen molar-refractivity contribution >= 4 is 17.7 Å². The van der Waals surface area contributed by atoms with Gasteiger partial charge in [0.05, 0.1) is 5.70 Å². The van der Waals surface area contributed by atoms with Gasteiger partial charge >= 0.3 is 5.97 Å². The van der Waals surface area contributed by atoms with E-state index in [1.54, 1.807) is 6.08 Å². The van der Waals surface area contributed by atoms with Gasteiger partial charge in [-0.15, -0.1) is 0 Å². The maximum absolute atomic E-state index is 12.3. The lowest BCUT2D eigenvalue weighted by Gasteiger charge is -2.36. The predicted octanol–water partition coefficient (Wildman–Crippen LogP) is 4.06. The fraction of sp³-hybridized carbons (Fsp3) is 0.0455. The average molecular weight is 342 g/mol. The highest BCUT2D eigenvalue weighted by Gasteiger charge is 2.45. The van der Waals surface area contributed by atoms with Gasteiger partial charge in [-0.1, -0.05) is 72.8 Å². The lowest BCUT2D eigenvalue weighted by molar-refractivity contribution is -0.141. The maximum atomic E-state index is 12.3. The molecule has 4 heteroatoms. The molecular formula is C22H18N2O2. The van der Waals surface area contributed by atoms with E-state index in [4.69, 9.17) is 5.73 Å². The van der Waals surface area contributed by atoms with Crippen LogP contribution in [0, 0.1) is 0 Å². The van der Waals surface area contributed by atoms with Gasteiger partial charge in [-0.2, -0.15) is 0 Å². The second-order valence-electron chi connectivity index (χ2n) is 6.31. The van der Waals surface area contributed by atoms with Gasteiger partial charge < -0.3 is 16.2 Å². The minimum atomic E-state index is -1.48. The summed E-state index contributed by atoms with van der Waals surface area (Å²) in [6, 6.07) is 25.0. The molecule has 0 radical (unpaired) electrons. The summed E-state index contributed by atoms with van der Waals surface area (Å²) < 4.78 is 0. The van der Waals surface area contributed by atoms with Crippen molar-refractivity contribution in [3.63, 3.8) is 0 Å². The van der Waals surface area contributed by atoms with E-state index in [1.165, 1.54) is 0 Å². The van der Waals surface area contributed by atoms with Crippen molar-refractivity contribution in [1.29, 1.82) is 0 Å². The number of anilines is 1. The SMILES string of the molecule is NC1=Cc2ccccc2NC1(C(=O)O)c1ccc(-c2ccccc2)cc1. The molecule has 0 bridgehead atoms. The Balaban J connectivity index is 1.80. The predicted molar refractivity (Wildman–Crippen MR) is 103 cm³/mol. The molecule has 0 spiro atoms. The van der Waals surface area contributed by atoms with Crippen molar-refractivity contribution in [2.45, 2.75) is 5.54 Å². The third kappa shape index (κ3) is 2.43. The summed E-state index contributed by atoms with van der Waals surface area (Å²) in [6.45, 7) is 0. The molecule has 0 amide bonds. The van der Waals surface area contributed by atoms with E-state index in [0.29, 0.717) is 5.56 Å². The van der Waals surface area contributed by atoms with Gasteiger partial charge in [-0.05, 0) is 34.4 Å². The summed E-state index contributed by atoms with van der Waals surface area (Å²) in [5, 5.41) is 13.2. The van der Waals surface area contributed by atoms with Gasteiger partial charge in [0.1, 0.15) is 0 Å². The second-order valence-corrected chi connectivity index (χ2v) is 6.31. The van der Waals surface area contributed by atoms with E-state index in [9.17, 15) is 9.90 Å². The van der Waals surface area contributed by atoms with E-state index in [0.717, 1.165) is 22.4 Å². The maximum Gasteiger partial charge on any atom is 0.340 e. The highest BCUT2D eigenvalue weighted by Crippen LogP contribution is 2.39. The molecule has 0 saturated carbocycles. The van der Waals surface area contributed by atoms with Crippen LogP contribution in [0.15, 0.2) is 84.6 Å². The molecule has 1 atom stereocenters. The first kappa shape index (κ1) is 16.0. The molecule has 0 saturated heterocycles. The zero-order chi connectivity index (χ0) is 18.1. The molecule has 1 aliphatic heterocycles. The topological polar surface area (TPSA) is 75.3 Å². The molecule has 0 fully saturated rings. The van der Waals surface area contributed by atoms with Gasteiger partial charge in [0, 0.05) is 5.69 Å². The second kappa shape index (κ2) is 6.08. The lowest BCUT2D eigenvalue weighted by atomic mass is 9.82. The van der Waals surface area contributed by atoms with Crippen LogP contribution in [-0.4, -0.2) is 11.1 Å². The Morgan fingerprint density at radius 3 is 2.15 bits per heavy atom. The van der Waals surface area contributed by atoms with E-state index in [2.05, 4.69) is 5.32 Å². The number of carboxylic acids is 1. The fourth-order valence-electron chi connectivity index (χ4n) is 3.37. The Morgan fingerprint density at radius 1 is 0.846 bits per heavy atom. The number of nitrogens with two attached hydrogens (primary N) is 1. The van der Waals surface area contributed by atoms with Crippen LogP contribution in [0.4, 0.5) is 5.69 Å². The molecule has 0 aliphatic carbocycles. The van der Waals surface area contributed by atoms with Crippen molar-refractivity contribution < 1.29 is 9.90 Å². The largest absolute Gasteiger partial charge is 0.479 e. The van der Waals surface area contributed by atoms with Crippen molar-refractivity contribution in [1.82, 2.24) is 0 Å². The van der Waals surface area contributed by atoms with Crippen LogP contribution in [0.5, 0.6) is 0 Å². The monoisotopic (exact) mass is 342 g/mol.